The van der Waals surface area contributed by atoms with E-state index in [1.54, 1.807) is 6.20 Å². The maximum atomic E-state index is 10.2. The summed E-state index contributed by atoms with van der Waals surface area (Å²) in [5.74, 6) is 0.381. The van der Waals surface area contributed by atoms with E-state index in [-0.39, 0.29) is 0 Å². The molecule has 3 heteroatoms. The smallest absolute Gasteiger partial charge is 0.120 e. The molecule has 0 saturated carbocycles. The standard InChI is InChI=1S/C10H12BrNO/c1-8(4-5-13)6-10-3-2-9(11)7-12-10/h2-3,5,7-8H,4,6H2,1H3/t8-/m1/s1. The summed E-state index contributed by atoms with van der Waals surface area (Å²) < 4.78 is 0.985. The number of aromatic nitrogens is 1. The predicted molar refractivity (Wildman–Crippen MR) is 55.5 cm³/mol. The van der Waals surface area contributed by atoms with Crippen LogP contribution in [0, 0.1) is 5.92 Å². The van der Waals surface area contributed by atoms with Crippen LogP contribution >= 0.6 is 15.9 Å². The first-order valence-corrected chi connectivity index (χ1v) is 5.05. The first-order valence-electron chi connectivity index (χ1n) is 4.26. The average Bonchev–Trinajstić information content (AvgIpc) is 2.09. The quantitative estimate of drug-likeness (QED) is 0.759. The highest BCUT2D eigenvalue weighted by atomic mass is 79.9. The fraction of sp³-hybridized carbons (Fsp3) is 0.400. The molecule has 1 atom stereocenters. The Morgan fingerprint density at radius 2 is 2.38 bits per heavy atom. The van der Waals surface area contributed by atoms with Gasteiger partial charge in [-0.05, 0) is 40.4 Å². The van der Waals surface area contributed by atoms with Gasteiger partial charge in [0.25, 0.3) is 0 Å². The Kier molecular flexibility index (Phi) is 4.09. The van der Waals surface area contributed by atoms with Crippen LogP contribution in [0.3, 0.4) is 0 Å². The lowest BCUT2D eigenvalue weighted by Gasteiger charge is -2.05. The lowest BCUT2D eigenvalue weighted by molar-refractivity contribution is -0.108. The van der Waals surface area contributed by atoms with E-state index in [2.05, 4.69) is 27.8 Å². The van der Waals surface area contributed by atoms with Gasteiger partial charge in [-0.1, -0.05) is 6.92 Å². The van der Waals surface area contributed by atoms with Crippen molar-refractivity contribution in [2.75, 3.05) is 0 Å². The van der Waals surface area contributed by atoms with Gasteiger partial charge in [-0.3, -0.25) is 4.98 Å². The van der Waals surface area contributed by atoms with E-state index in [0.29, 0.717) is 12.3 Å². The Labute approximate surface area is 86.5 Å². The molecular formula is C10H12BrNO. The lowest BCUT2D eigenvalue weighted by atomic mass is 10.0. The maximum absolute atomic E-state index is 10.2. The summed E-state index contributed by atoms with van der Waals surface area (Å²) in [5.41, 5.74) is 1.04. The molecule has 70 valence electrons. The van der Waals surface area contributed by atoms with Crippen LogP contribution in [0.1, 0.15) is 19.0 Å². The minimum Gasteiger partial charge on any atom is -0.303 e. The van der Waals surface area contributed by atoms with Crippen molar-refractivity contribution in [2.24, 2.45) is 5.92 Å². The van der Waals surface area contributed by atoms with Gasteiger partial charge in [0.15, 0.2) is 0 Å². The molecule has 0 N–H and O–H groups in total. The zero-order chi connectivity index (χ0) is 9.68. The average molecular weight is 242 g/mol. The predicted octanol–water partition coefficient (Wildman–Crippen LogP) is 2.61. The van der Waals surface area contributed by atoms with E-state index in [1.807, 2.05) is 12.1 Å². The van der Waals surface area contributed by atoms with Crippen molar-refractivity contribution in [2.45, 2.75) is 19.8 Å². The van der Waals surface area contributed by atoms with Gasteiger partial charge in [0.2, 0.25) is 0 Å². The highest BCUT2D eigenvalue weighted by molar-refractivity contribution is 9.10. The third-order valence-corrected chi connectivity index (χ3v) is 2.31. The molecule has 2 nitrogen and oxygen atoms in total. The minimum absolute atomic E-state index is 0.381. The second-order valence-electron chi connectivity index (χ2n) is 3.18. The van der Waals surface area contributed by atoms with Gasteiger partial charge < -0.3 is 4.79 Å². The van der Waals surface area contributed by atoms with E-state index in [9.17, 15) is 4.79 Å². The summed E-state index contributed by atoms with van der Waals surface area (Å²) >= 11 is 3.32. The highest BCUT2D eigenvalue weighted by Crippen LogP contribution is 2.11. The molecule has 13 heavy (non-hydrogen) atoms. The Hall–Kier alpha value is -0.700. The van der Waals surface area contributed by atoms with Gasteiger partial charge in [0.1, 0.15) is 6.29 Å². The molecule has 0 radical (unpaired) electrons. The molecule has 1 aromatic rings. The van der Waals surface area contributed by atoms with Crippen molar-refractivity contribution in [3.05, 3.63) is 28.5 Å². The number of hydrogen-bond donors (Lipinski definition) is 0. The molecule has 0 bridgehead atoms. The minimum atomic E-state index is 0.381. The van der Waals surface area contributed by atoms with Crippen LogP contribution in [0.5, 0.6) is 0 Å². The molecule has 0 amide bonds. The SMILES string of the molecule is C[C@H](CC=O)Cc1ccc(Br)cn1. The Bertz CT molecular complexity index is 271. The van der Waals surface area contributed by atoms with Gasteiger partial charge in [-0.25, -0.2) is 0 Å². The molecule has 0 aromatic carbocycles. The monoisotopic (exact) mass is 241 g/mol. The van der Waals surface area contributed by atoms with Crippen molar-refractivity contribution in [3.8, 4) is 0 Å². The molecule has 0 aliphatic carbocycles. The van der Waals surface area contributed by atoms with Crippen LogP contribution in [0.25, 0.3) is 0 Å². The van der Waals surface area contributed by atoms with Crippen molar-refractivity contribution in [1.29, 1.82) is 0 Å². The first-order chi connectivity index (χ1) is 6.22. The van der Waals surface area contributed by atoms with Crippen molar-refractivity contribution < 1.29 is 4.79 Å². The van der Waals surface area contributed by atoms with Crippen LogP contribution in [0.2, 0.25) is 0 Å². The van der Waals surface area contributed by atoms with Crippen molar-refractivity contribution in [1.82, 2.24) is 4.98 Å². The molecule has 0 spiro atoms. The molecule has 1 aromatic heterocycles. The molecule has 0 aliphatic heterocycles. The van der Waals surface area contributed by atoms with Gasteiger partial charge in [0, 0.05) is 22.8 Å². The van der Waals surface area contributed by atoms with Gasteiger partial charge in [0.05, 0.1) is 0 Å². The van der Waals surface area contributed by atoms with Crippen LogP contribution < -0.4 is 0 Å². The number of hydrogen-bond acceptors (Lipinski definition) is 2. The number of carbonyl (C=O) groups is 1. The second kappa shape index (κ2) is 5.12. The Morgan fingerprint density at radius 3 is 2.92 bits per heavy atom. The first kappa shape index (κ1) is 10.4. The fourth-order valence-corrected chi connectivity index (χ4v) is 1.37. The van der Waals surface area contributed by atoms with Crippen LogP contribution in [0.4, 0.5) is 0 Å². The van der Waals surface area contributed by atoms with E-state index in [0.717, 1.165) is 22.9 Å². The number of rotatable bonds is 4. The lowest BCUT2D eigenvalue weighted by Crippen LogP contribution is -2.01. The van der Waals surface area contributed by atoms with Crippen LogP contribution in [0.15, 0.2) is 22.8 Å². The van der Waals surface area contributed by atoms with E-state index in [4.69, 9.17) is 0 Å². The molecule has 0 aliphatic rings. The number of halogens is 1. The maximum Gasteiger partial charge on any atom is 0.120 e. The summed E-state index contributed by atoms with van der Waals surface area (Å²) in [7, 11) is 0. The largest absolute Gasteiger partial charge is 0.303 e. The number of nitrogens with zero attached hydrogens (tertiary/aromatic N) is 1. The van der Waals surface area contributed by atoms with Crippen LogP contribution in [-0.2, 0) is 11.2 Å². The Morgan fingerprint density at radius 1 is 1.62 bits per heavy atom. The van der Waals surface area contributed by atoms with E-state index < -0.39 is 0 Å². The second-order valence-corrected chi connectivity index (χ2v) is 4.10. The van der Waals surface area contributed by atoms with Crippen molar-refractivity contribution >= 4 is 22.2 Å². The number of pyridine rings is 1. The molecule has 1 heterocycles. The molecule has 0 saturated heterocycles. The van der Waals surface area contributed by atoms with Gasteiger partial charge >= 0.3 is 0 Å². The summed E-state index contributed by atoms with van der Waals surface area (Å²) in [6.45, 7) is 2.05. The third kappa shape index (κ3) is 3.68. The summed E-state index contributed by atoms with van der Waals surface area (Å²) in [4.78, 5) is 14.5. The van der Waals surface area contributed by atoms with Crippen molar-refractivity contribution in [3.63, 3.8) is 0 Å². The zero-order valence-electron chi connectivity index (χ0n) is 7.53. The third-order valence-electron chi connectivity index (χ3n) is 1.84. The summed E-state index contributed by atoms with van der Waals surface area (Å²) in [6.07, 6.45) is 4.22. The van der Waals surface area contributed by atoms with E-state index >= 15 is 0 Å². The zero-order valence-corrected chi connectivity index (χ0v) is 9.12. The number of carbonyl (C=O) groups excluding carboxylic acids is 1. The number of aldehydes is 1. The van der Waals surface area contributed by atoms with Gasteiger partial charge in [-0.15, -0.1) is 0 Å². The van der Waals surface area contributed by atoms with Crippen LogP contribution in [-0.4, -0.2) is 11.3 Å². The van der Waals surface area contributed by atoms with Gasteiger partial charge in [-0.2, -0.15) is 0 Å². The summed E-state index contributed by atoms with van der Waals surface area (Å²) in [6, 6.07) is 3.95. The summed E-state index contributed by atoms with van der Waals surface area (Å²) in [5, 5.41) is 0. The Balaban J connectivity index is 2.53. The topological polar surface area (TPSA) is 30.0 Å². The normalized spacial score (nSPS) is 12.5. The molecular weight excluding hydrogens is 230 g/mol. The van der Waals surface area contributed by atoms with E-state index in [1.165, 1.54) is 0 Å². The molecule has 1 rings (SSSR count). The fourth-order valence-electron chi connectivity index (χ4n) is 1.13. The highest BCUT2D eigenvalue weighted by Gasteiger charge is 2.03. The molecule has 0 unspecified atom stereocenters. The molecule has 0 fully saturated rings.